The third-order valence-electron chi connectivity index (χ3n) is 2.82. The molecule has 4 nitrogen and oxygen atoms in total. The van der Waals surface area contributed by atoms with E-state index in [4.69, 9.17) is 5.73 Å². The number of anilines is 1. The highest BCUT2D eigenvalue weighted by Crippen LogP contribution is 2.44. The van der Waals surface area contributed by atoms with Crippen LogP contribution in [-0.4, -0.2) is 16.9 Å². The van der Waals surface area contributed by atoms with Crippen LogP contribution in [0.1, 0.15) is 30.8 Å². The van der Waals surface area contributed by atoms with Gasteiger partial charge < -0.3 is 11.1 Å². The predicted octanol–water partition coefficient (Wildman–Crippen LogP) is 1.19. The maximum Gasteiger partial charge on any atom is 0.270 e. The quantitative estimate of drug-likeness (QED) is 0.762. The number of carbonyl (C=O) groups excluding carboxylic acids is 1. The van der Waals surface area contributed by atoms with Crippen LogP contribution in [0.2, 0.25) is 0 Å². The van der Waals surface area contributed by atoms with E-state index in [1.165, 1.54) is 0 Å². The molecule has 0 saturated heterocycles. The maximum atomic E-state index is 11.7. The molecule has 0 aliphatic heterocycles. The molecule has 1 heterocycles. The van der Waals surface area contributed by atoms with E-state index in [9.17, 15) is 4.79 Å². The molecular weight excluding hydrogens is 190 g/mol. The third-order valence-corrected chi connectivity index (χ3v) is 2.82. The Balaban J connectivity index is 2.03. The van der Waals surface area contributed by atoms with Gasteiger partial charge in [0.25, 0.3) is 5.91 Å². The van der Waals surface area contributed by atoms with Gasteiger partial charge in [-0.1, -0.05) is 19.9 Å². The molecule has 0 spiro atoms. The molecule has 1 unspecified atom stereocenters. The summed E-state index contributed by atoms with van der Waals surface area (Å²) in [6.45, 7) is 4.26. The molecule has 0 bridgehead atoms. The van der Waals surface area contributed by atoms with E-state index < -0.39 is 0 Å². The first-order valence-electron chi connectivity index (χ1n) is 5.02. The first-order valence-corrected chi connectivity index (χ1v) is 5.02. The number of pyridine rings is 1. The molecule has 2 rings (SSSR count). The molecule has 1 aromatic heterocycles. The van der Waals surface area contributed by atoms with Crippen LogP contribution in [0, 0.1) is 5.41 Å². The Hall–Kier alpha value is -1.58. The standard InChI is InChI=1S/C11H15N3O/c1-11(2)6-8(11)14-10(15)7-4-3-5-9(12)13-7/h3-5,8H,6H2,1-2H3,(H2,12,13)(H,14,15). The van der Waals surface area contributed by atoms with Crippen LogP contribution < -0.4 is 11.1 Å². The molecule has 1 saturated carbocycles. The molecule has 1 fully saturated rings. The van der Waals surface area contributed by atoms with Crippen LogP contribution in [0.25, 0.3) is 0 Å². The van der Waals surface area contributed by atoms with Crippen LogP contribution in [-0.2, 0) is 0 Å². The lowest BCUT2D eigenvalue weighted by atomic mass is 10.2. The molecule has 1 aliphatic rings. The molecule has 1 atom stereocenters. The summed E-state index contributed by atoms with van der Waals surface area (Å²) >= 11 is 0. The van der Waals surface area contributed by atoms with Gasteiger partial charge in [0.05, 0.1) is 0 Å². The number of carbonyl (C=O) groups is 1. The lowest BCUT2D eigenvalue weighted by Crippen LogP contribution is -2.29. The number of hydrogen-bond acceptors (Lipinski definition) is 3. The number of nitrogen functional groups attached to an aromatic ring is 1. The Bertz CT molecular complexity index is 401. The minimum atomic E-state index is -0.141. The van der Waals surface area contributed by atoms with Gasteiger partial charge in [-0.3, -0.25) is 4.79 Å². The van der Waals surface area contributed by atoms with Gasteiger partial charge in [0.15, 0.2) is 0 Å². The Morgan fingerprint density at radius 1 is 1.60 bits per heavy atom. The van der Waals surface area contributed by atoms with Crippen molar-refractivity contribution in [3.8, 4) is 0 Å². The van der Waals surface area contributed by atoms with E-state index >= 15 is 0 Å². The van der Waals surface area contributed by atoms with Crippen molar-refractivity contribution >= 4 is 11.7 Å². The van der Waals surface area contributed by atoms with Crippen molar-refractivity contribution in [1.29, 1.82) is 0 Å². The summed E-state index contributed by atoms with van der Waals surface area (Å²) in [5.74, 6) is 0.232. The minimum absolute atomic E-state index is 0.141. The van der Waals surface area contributed by atoms with Gasteiger partial charge in [0, 0.05) is 6.04 Å². The topological polar surface area (TPSA) is 68.0 Å². The number of hydrogen-bond donors (Lipinski definition) is 2. The molecule has 4 heteroatoms. The van der Waals surface area contributed by atoms with Crippen LogP contribution in [0.4, 0.5) is 5.82 Å². The van der Waals surface area contributed by atoms with E-state index in [0.29, 0.717) is 11.5 Å². The van der Waals surface area contributed by atoms with Crippen molar-refractivity contribution in [3.05, 3.63) is 23.9 Å². The highest BCUT2D eigenvalue weighted by Gasteiger charge is 2.46. The molecule has 80 valence electrons. The smallest absolute Gasteiger partial charge is 0.270 e. The first kappa shape index (κ1) is 9.96. The van der Waals surface area contributed by atoms with Crippen molar-refractivity contribution in [2.75, 3.05) is 5.73 Å². The number of aromatic nitrogens is 1. The first-order chi connectivity index (χ1) is 6.99. The second-order valence-electron chi connectivity index (χ2n) is 4.67. The van der Waals surface area contributed by atoms with Gasteiger partial charge in [0.2, 0.25) is 0 Å². The van der Waals surface area contributed by atoms with E-state index in [-0.39, 0.29) is 17.4 Å². The van der Waals surface area contributed by atoms with E-state index in [2.05, 4.69) is 24.1 Å². The lowest BCUT2D eigenvalue weighted by molar-refractivity contribution is 0.0941. The van der Waals surface area contributed by atoms with Gasteiger partial charge in [-0.2, -0.15) is 0 Å². The van der Waals surface area contributed by atoms with Crippen LogP contribution >= 0.6 is 0 Å². The molecule has 3 N–H and O–H groups in total. The fourth-order valence-electron chi connectivity index (χ4n) is 1.52. The Kier molecular flexibility index (Phi) is 2.14. The summed E-state index contributed by atoms with van der Waals surface area (Å²) in [5.41, 5.74) is 6.12. The summed E-state index contributed by atoms with van der Waals surface area (Å²) < 4.78 is 0. The number of amides is 1. The highest BCUT2D eigenvalue weighted by molar-refractivity contribution is 5.93. The molecule has 1 amide bonds. The van der Waals surface area contributed by atoms with Crippen LogP contribution in [0.5, 0.6) is 0 Å². The summed E-state index contributed by atoms with van der Waals surface area (Å²) in [6, 6.07) is 5.34. The SMILES string of the molecule is CC1(C)CC1NC(=O)c1cccc(N)n1. The fraction of sp³-hybridized carbons (Fsp3) is 0.455. The summed E-state index contributed by atoms with van der Waals surface area (Å²) in [4.78, 5) is 15.7. The zero-order valence-electron chi connectivity index (χ0n) is 8.95. The number of nitrogens with two attached hydrogens (primary N) is 1. The number of rotatable bonds is 2. The van der Waals surface area contributed by atoms with Gasteiger partial charge in [0.1, 0.15) is 11.5 Å². The second-order valence-corrected chi connectivity index (χ2v) is 4.67. The average Bonchev–Trinajstić information content (AvgIpc) is 2.73. The maximum absolute atomic E-state index is 11.7. The fourth-order valence-corrected chi connectivity index (χ4v) is 1.52. The Labute approximate surface area is 88.9 Å². The van der Waals surface area contributed by atoms with Crippen LogP contribution in [0.3, 0.4) is 0 Å². The van der Waals surface area contributed by atoms with Crippen LogP contribution in [0.15, 0.2) is 18.2 Å². The summed E-state index contributed by atoms with van der Waals surface area (Å²) in [5, 5.41) is 2.93. The summed E-state index contributed by atoms with van der Waals surface area (Å²) in [6.07, 6.45) is 1.03. The predicted molar refractivity (Wildman–Crippen MR) is 58.3 cm³/mol. The molecule has 0 radical (unpaired) electrons. The van der Waals surface area contributed by atoms with Crippen molar-refractivity contribution in [2.24, 2.45) is 5.41 Å². The monoisotopic (exact) mass is 205 g/mol. The molecule has 15 heavy (non-hydrogen) atoms. The van der Waals surface area contributed by atoms with E-state index in [1.807, 2.05) is 0 Å². The Morgan fingerprint density at radius 2 is 2.27 bits per heavy atom. The summed E-state index contributed by atoms with van der Waals surface area (Å²) in [7, 11) is 0. The number of nitrogens with one attached hydrogen (secondary N) is 1. The highest BCUT2D eigenvalue weighted by atomic mass is 16.2. The molecule has 0 aromatic carbocycles. The Morgan fingerprint density at radius 3 is 2.80 bits per heavy atom. The van der Waals surface area contributed by atoms with Gasteiger partial charge in [-0.25, -0.2) is 4.98 Å². The third kappa shape index (κ3) is 2.09. The molecule has 1 aromatic rings. The van der Waals surface area contributed by atoms with Gasteiger partial charge in [-0.15, -0.1) is 0 Å². The molecular formula is C11H15N3O. The van der Waals surface area contributed by atoms with Crippen molar-refractivity contribution in [2.45, 2.75) is 26.3 Å². The van der Waals surface area contributed by atoms with Crippen molar-refractivity contribution in [3.63, 3.8) is 0 Å². The lowest BCUT2D eigenvalue weighted by Gasteiger charge is -2.06. The zero-order valence-corrected chi connectivity index (χ0v) is 8.95. The molecule has 1 aliphatic carbocycles. The minimum Gasteiger partial charge on any atom is -0.384 e. The number of nitrogens with zero attached hydrogens (tertiary/aromatic N) is 1. The second kappa shape index (κ2) is 3.22. The average molecular weight is 205 g/mol. The van der Waals surface area contributed by atoms with E-state index in [1.54, 1.807) is 18.2 Å². The van der Waals surface area contributed by atoms with Gasteiger partial charge in [-0.05, 0) is 24.0 Å². The van der Waals surface area contributed by atoms with E-state index in [0.717, 1.165) is 6.42 Å². The normalized spacial score (nSPS) is 22.1. The van der Waals surface area contributed by atoms with Gasteiger partial charge >= 0.3 is 0 Å². The largest absolute Gasteiger partial charge is 0.384 e. The van der Waals surface area contributed by atoms with Crippen molar-refractivity contribution in [1.82, 2.24) is 10.3 Å². The zero-order chi connectivity index (χ0) is 11.1. The van der Waals surface area contributed by atoms with Crippen molar-refractivity contribution < 1.29 is 4.79 Å².